The van der Waals surface area contributed by atoms with E-state index >= 15 is 0 Å². The van der Waals surface area contributed by atoms with Gasteiger partial charge in [-0.2, -0.15) is 0 Å². The van der Waals surface area contributed by atoms with Crippen molar-refractivity contribution in [3.63, 3.8) is 0 Å². The minimum atomic E-state index is -1.05. The number of methoxy groups -OCH3 is 1. The van der Waals surface area contributed by atoms with Crippen LogP contribution in [0.1, 0.15) is 70.4 Å². The van der Waals surface area contributed by atoms with Crippen LogP contribution in [0.4, 0.5) is 0 Å². The van der Waals surface area contributed by atoms with Crippen molar-refractivity contribution in [2.45, 2.75) is 50.4 Å². The third-order valence-corrected chi connectivity index (χ3v) is 8.32. The molecule has 4 aliphatic rings. The average molecular weight is 513 g/mol. The van der Waals surface area contributed by atoms with Crippen molar-refractivity contribution in [3.8, 4) is 11.5 Å². The Bertz CT molecular complexity index is 1060. The van der Waals surface area contributed by atoms with Crippen molar-refractivity contribution in [3.05, 3.63) is 58.7 Å². The molecular weight excluding hydrogens is 484 g/mol. The Labute approximate surface area is 202 Å². The molecule has 0 spiro atoms. The van der Waals surface area contributed by atoms with Crippen LogP contribution in [0.5, 0.6) is 11.5 Å². The lowest BCUT2D eigenvalue weighted by molar-refractivity contribution is -0.00618. The van der Waals surface area contributed by atoms with E-state index in [1.807, 2.05) is 12.1 Å². The topological polar surface area (TPSA) is 72.8 Å². The summed E-state index contributed by atoms with van der Waals surface area (Å²) >= 11 is 3.41. The van der Waals surface area contributed by atoms with Gasteiger partial charge in [-0.1, -0.05) is 22.0 Å². The highest BCUT2D eigenvalue weighted by atomic mass is 79.9. The molecule has 4 fully saturated rings. The predicted octanol–water partition coefficient (Wildman–Crippen LogP) is 6.02. The number of carbonyl (C=O) groups is 2. The number of carboxylic acid groups (broad SMARTS) is 1. The summed E-state index contributed by atoms with van der Waals surface area (Å²) in [6, 6.07) is 10.3. The van der Waals surface area contributed by atoms with Crippen molar-refractivity contribution in [2.75, 3.05) is 12.4 Å². The molecule has 0 saturated heterocycles. The summed E-state index contributed by atoms with van der Waals surface area (Å²) in [6.07, 6.45) is 8.18. The van der Waals surface area contributed by atoms with Crippen molar-refractivity contribution < 1.29 is 24.2 Å². The van der Waals surface area contributed by atoms with E-state index in [-0.39, 0.29) is 11.0 Å². The second-order valence-corrected chi connectivity index (χ2v) is 10.9. The normalized spacial score (nSPS) is 27.4. The van der Waals surface area contributed by atoms with E-state index in [4.69, 9.17) is 9.47 Å². The Hall–Kier alpha value is -2.34. The van der Waals surface area contributed by atoms with Crippen LogP contribution in [0.2, 0.25) is 0 Å². The third kappa shape index (κ3) is 4.18. The summed E-state index contributed by atoms with van der Waals surface area (Å²) in [4.78, 5) is 24.6. The second-order valence-electron chi connectivity index (χ2n) is 10.1. The molecule has 0 aliphatic heterocycles. The molecule has 4 aliphatic carbocycles. The summed E-state index contributed by atoms with van der Waals surface area (Å²) in [5.74, 6) is 1.97. The number of hydrogen-bond donors (Lipinski definition) is 1. The van der Waals surface area contributed by atoms with Gasteiger partial charge in [0.05, 0.1) is 18.2 Å². The number of esters is 1. The van der Waals surface area contributed by atoms with Gasteiger partial charge in [0.2, 0.25) is 0 Å². The lowest BCUT2D eigenvalue weighted by Crippen LogP contribution is -2.48. The SMILES string of the molecule is COc1ccc(C(=O)Oc2cc(C(=O)O)ccc2CCBr)cc1C12CC3CC(CC(C3)C1)C2. The maximum absolute atomic E-state index is 13.2. The number of alkyl halides is 1. The Balaban J connectivity index is 1.47. The molecule has 4 bridgehead atoms. The number of ether oxygens (including phenoxy) is 2. The number of carbonyl (C=O) groups excluding carboxylic acids is 1. The second kappa shape index (κ2) is 8.79. The molecule has 0 amide bonds. The van der Waals surface area contributed by atoms with Crippen molar-refractivity contribution in [1.82, 2.24) is 0 Å². The van der Waals surface area contributed by atoms with Crippen molar-refractivity contribution in [2.24, 2.45) is 17.8 Å². The summed E-state index contributed by atoms with van der Waals surface area (Å²) in [7, 11) is 1.70. The van der Waals surface area contributed by atoms with Gasteiger partial charge in [0.1, 0.15) is 11.5 Å². The molecule has 6 heteroatoms. The number of aryl methyl sites for hydroxylation is 1. The summed E-state index contributed by atoms with van der Waals surface area (Å²) in [6.45, 7) is 0. The number of hydrogen-bond acceptors (Lipinski definition) is 4. The van der Waals surface area contributed by atoms with Gasteiger partial charge in [-0.3, -0.25) is 0 Å². The van der Waals surface area contributed by atoms with Gasteiger partial charge in [-0.25, -0.2) is 9.59 Å². The predicted molar refractivity (Wildman–Crippen MR) is 129 cm³/mol. The maximum atomic E-state index is 13.2. The number of aromatic carboxylic acids is 1. The molecule has 0 atom stereocenters. The first-order valence-electron chi connectivity index (χ1n) is 11.7. The molecule has 174 valence electrons. The molecule has 4 saturated carbocycles. The average Bonchev–Trinajstić information content (AvgIpc) is 2.79. The van der Waals surface area contributed by atoms with Gasteiger partial charge in [-0.05, 0) is 104 Å². The molecule has 0 aromatic heterocycles. The molecule has 1 N–H and O–H groups in total. The fourth-order valence-electron chi connectivity index (χ4n) is 6.94. The first kappa shape index (κ1) is 22.5. The van der Waals surface area contributed by atoms with Gasteiger partial charge in [0.15, 0.2) is 0 Å². The van der Waals surface area contributed by atoms with Crippen LogP contribution >= 0.6 is 15.9 Å². The Morgan fingerprint density at radius 3 is 2.18 bits per heavy atom. The molecule has 5 nitrogen and oxygen atoms in total. The summed E-state index contributed by atoms with van der Waals surface area (Å²) in [5.41, 5.74) is 2.59. The number of carboxylic acids is 1. The van der Waals surface area contributed by atoms with E-state index < -0.39 is 11.9 Å². The molecular formula is C27H29BrO5. The molecule has 0 heterocycles. The van der Waals surface area contributed by atoms with Gasteiger partial charge < -0.3 is 14.6 Å². The fourth-order valence-corrected chi connectivity index (χ4v) is 7.37. The minimum Gasteiger partial charge on any atom is -0.496 e. The van der Waals surface area contributed by atoms with Crippen molar-refractivity contribution >= 4 is 27.9 Å². The van der Waals surface area contributed by atoms with Gasteiger partial charge in [0.25, 0.3) is 0 Å². The molecule has 2 aromatic rings. The molecule has 2 aromatic carbocycles. The molecule has 33 heavy (non-hydrogen) atoms. The summed E-state index contributed by atoms with van der Waals surface area (Å²) in [5, 5.41) is 10.0. The minimum absolute atomic E-state index is 0.0841. The highest BCUT2D eigenvalue weighted by Crippen LogP contribution is 2.61. The van der Waals surface area contributed by atoms with Crippen LogP contribution < -0.4 is 9.47 Å². The van der Waals surface area contributed by atoms with Crippen LogP contribution in [0.3, 0.4) is 0 Å². The summed E-state index contributed by atoms with van der Waals surface area (Å²) < 4.78 is 11.5. The van der Waals surface area contributed by atoms with E-state index in [0.717, 1.165) is 34.6 Å². The Kier molecular flexibility index (Phi) is 5.98. The van der Waals surface area contributed by atoms with Gasteiger partial charge in [0, 0.05) is 10.9 Å². The van der Waals surface area contributed by atoms with Gasteiger partial charge in [-0.15, -0.1) is 0 Å². The zero-order chi connectivity index (χ0) is 23.2. The first-order chi connectivity index (χ1) is 15.9. The van der Waals surface area contributed by atoms with Crippen LogP contribution in [-0.2, 0) is 11.8 Å². The largest absolute Gasteiger partial charge is 0.496 e. The lowest BCUT2D eigenvalue weighted by Gasteiger charge is -2.57. The van der Waals surface area contributed by atoms with Crippen molar-refractivity contribution in [1.29, 1.82) is 0 Å². The quantitative estimate of drug-likeness (QED) is 0.279. The Morgan fingerprint density at radius 2 is 1.61 bits per heavy atom. The van der Waals surface area contributed by atoms with E-state index in [9.17, 15) is 14.7 Å². The highest BCUT2D eigenvalue weighted by molar-refractivity contribution is 9.09. The first-order valence-corrected chi connectivity index (χ1v) is 12.9. The standard InChI is InChI=1S/C27H29BrO5/c1-32-23-5-4-21(11-22(23)27-13-16-8-17(14-27)10-18(9-16)15-27)26(31)33-24-12-20(25(29)30)3-2-19(24)6-7-28/h2-5,11-12,16-18H,6-10,13-15H2,1H3,(H,29,30). The van der Waals surface area contributed by atoms with E-state index in [0.29, 0.717) is 23.1 Å². The van der Waals surface area contributed by atoms with E-state index in [2.05, 4.69) is 15.9 Å². The van der Waals surface area contributed by atoms with Crippen LogP contribution in [0, 0.1) is 17.8 Å². The third-order valence-electron chi connectivity index (χ3n) is 7.93. The monoisotopic (exact) mass is 512 g/mol. The van der Waals surface area contributed by atoms with E-state index in [1.54, 1.807) is 19.2 Å². The highest BCUT2D eigenvalue weighted by Gasteiger charge is 2.52. The zero-order valence-electron chi connectivity index (χ0n) is 18.8. The fraction of sp³-hybridized carbons (Fsp3) is 0.481. The van der Waals surface area contributed by atoms with Crippen LogP contribution in [0.15, 0.2) is 36.4 Å². The number of halogens is 1. The van der Waals surface area contributed by atoms with Gasteiger partial charge >= 0.3 is 11.9 Å². The van der Waals surface area contributed by atoms with E-state index in [1.165, 1.54) is 50.7 Å². The smallest absolute Gasteiger partial charge is 0.343 e. The maximum Gasteiger partial charge on any atom is 0.343 e. The van der Waals surface area contributed by atoms with Crippen LogP contribution in [0.25, 0.3) is 0 Å². The Morgan fingerprint density at radius 1 is 0.970 bits per heavy atom. The molecule has 0 radical (unpaired) electrons. The molecule has 6 rings (SSSR count). The lowest BCUT2D eigenvalue weighted by atomic mass is 9.48. The molecule has 0 unspecified atom stereocenters. The number of rotatable bonds is 7. The zero-order valence-corrected chi connectivity index (χ0v) is 20.4. The number of benzene rings is 2. The van der Waals surface area contributed by atoms with Crippen LogP contribution in [-0.4, -0.2) is 29.5 Å².